The van der Waals surface area contributed by atoms with Crippen LogP contribution in [-0.4, -0.2) is 43.5 Å². The van der Waals surface area contributed by atoms with Crippen LogP contribution in [0.3, 0.4) is 0 Å². The molecule has 2 amide bonds. The van der Waals surface area contributed by atoms with Gasteiger partial charge in [0.2, 0.25) is 5.91 Å². The number of pyridine rings is 1. The van der Waals surface area contributed by atoms with Gasteiger partial charge in [-0.25, -0.2) is 4.98 Å². The molecule has 1 aromatic carbocycles. The molecule has 4 rings (SSSR count). The van der Waals surface area contributed by atoms with Crippen LogP contribution in [0.4, 0.5) is 5.82 Å². The maximum Gasteiger partial charge on any atom is 0.252 e. The second-order valence-corrected chi connectivity index (χ2v) is 6.90. The maximum atomic E-state index is 11.6. The normalized spacial score (nSPS) is 22.6. The minimum atomic E-state index is -0.521. The van der Waals surface area contributed by atoms with E-state index in [9.17, 15) is 9.59 Å². The van der Waals surface area contributed by atoms with Gasteiger partial charge in [0.1, 0.15) is 11.6 Å². The van der Waals surface area contributed by atoms with E-state index < -0.39 is 5.91 Å². The lowest BCUT2D eigenvalue weighted by Gasteiger charge is -2.23. The number of primary amides is 1. The third-order valence-corrected chi connectivity index (χ3v) is 5.26. The van der Waals surface area contributed by atoms with Crippen LogP contribution in [0.15, 0.2) is 24.4 Å². The molecule has 7 nitrogen and oxygen atoms in total. The summed E-state index contributed by atoms with van der Waals surface area (Å²) in [6.45, 7) is 2.36. The van der Waals surface area contributed by atoms with E-state index in [2.05, 4.69) is 15.2 Å². The number of benzene rings is 1. The Morgan fingerprint density at radius 2 is 2.28 bits per heavy atom. The minimum absolute atomic E-state index is 0.00181. The van der Waals surface area contributed by atoms with E-state index in [-0.39, 0.29) is 11.3 Å². The maximum absolute atomic E-state index is 11.6. The molecule has 3 heterocycles. The monoisotopic (exact) mass is 340 g/mol. The van der Waals surface area contributed by atoms with Crippen LogP contribution < -0.4 is 20.7 Å². The number of rotatable bonds is 3. The largest absolute Gasteiger partial charge is 0.496 e. The molecule has 1 aromatic heterocycles. The Kier molecular flexibility index (Phi) is 3.52. The Hall–Kier alpha value is -2.83. The molecule has 0 aliphatic carbocycles. The van der Waals surface area contributed by atoms with E-state index >= 15 is 0 Å². The van der Waals surface area contributed by atoms with E-state index in [0.29, 0.717) is 17.7 Å². The lowest BCUT2D eigenvalue weighted by Crippen LogP contribution is -2.29. The van der Waals surface area contributed by atoms with E-state index in [1.165, 1.54) is 7.11 Å². The van der Waals surface area contributed by atoms with E-state index in [4.69, 9.17) is 10.5 Å². The first-order chi connectivity index (χ1) is 12.0. The van der Waals surface area contributed by atoms with Gasteiger partial charge >= 0.3 is 0 Å². The summed E-state index contributed by atoms with van der Waals surface area (Å²) in [5.74, 6) is 0.900. The van der Waals surface area contributed by atoms with Gasteiger partial charge in [0.15, 0.2) is 0 Å². The summed E-state index contributed by atoms with van der Waals surface area (Å²) in [6.07, 6.45) is 3.27. The summed E-state index contributed by atoms with van der Waals surface area (Å²) >= 11 is 0. The Balaban J connectivity index is 1.75. The Morgan fingerprint density at radius 1 is 1.44 bits per heavy atom. The van der Waals surface area contributed by atoms with Crippen molar-refractivity contribution in [1.29, 1.82) is 0 Å². The highest BCUT2D eigenvalue weighted by atomic mass is 16.5. The van der Waals surface area contributed by atoms with Crippen LogP contribution in [0.2, 0.25) is 0 Å². The molecule has 2 saturated heterocycles. The molecule has 2 aliphatic heterocycles. The van der Waals surface area contributed by atoms with Gasteiger partial charge < -0.3 is 20.7 Å². The number of methoxy groups -OCH3 is 1. The minimum Gasteiger partial charge on any atom is -0.496 e. The van der Waals surface area contributed by atoms with E-state index in [0.717, 1.165) is 42.6 Å². The standard InChI is InChI=1S/C18H20N4O3/c1-25-14-7-12-11(6-13(14)16(19)24)2-4-20-17(12)22-5-3-18(10-22)8-15(23)21-9-18/h2,4,6-7H,3,5,8-10H2,1H3,(H2,19,24)(H,21,23). The van der Waals surface area contributed by atoms with Crippen molar-refractivity contribution in [2.75, 3.05) is 31.6 Å². The molecule has 1 spiro atoms. The van der Waals surface area contributed by atoms with Crippen molar-refractivity contribution in [3.8, 4) is 5.75 Å². The third kappa shape index (κ3) is 2.56. The topological polar surface area (TPSA) is 97.6 Å². The lowest BCUT2D eigenvalue weighted by molar-refractivity contribution is -0.119. The fourth-order valence-corrected chi connectivity index (χ4v) is 3.96. The van der Waals surface area contributed by atoms with Crippen LogP contribution in [-0.2, 0) is 4.79 Å². The Bertz CT molecular complexity index is 882. The van der Waals surface area contributed by atoms with Crippen molar-refractivity contribution >= 4 is 28.4 Å². The number of aromatic nitrogens is 1. The third-order valence-electron chi connectivity index (χ3n) is 5.26. The number of nitrogens with one attached hydrogen (secondary N) is 1. The van der Waals surface area contributed by atoms with Crippen LogP contribution in [0.25, 0.3) is 10.8 Å². The van der Waals surface area contributed by atoms with Gasteiger partial charge in [-0.2, -0.15) is 0 Å². The number of hydrogen-bond donors (Lipinski definition) is 2. The zero-order chi connectivity index (χ0) is 17.6. The molecular formula is C18H20N4O3. The number of nitrogens with zero attached hydrogens (tertiary/aromatic N) is 2. The first kappa shape index (κ1) is 15.7. The second kappa shape index (κ2) is 5.61. The quantitative estimate of drug-likeness (QED) is 0.871. The summed E-state index contributed by atoms with van der Waals surface area (Å²) in [7, 11) is 1.52. The Labute approximate surface area is 145 Å². The van der Waals surface area contributed by atoms with Crippen LogP contribution in [0.1, 0.15) is 23.2 Å². The fourth-order valence-electron chi connectivity index (χ4n) is 3.96. The number of anilines is 1. The molecule has 0 saturated carbocycles. The lowest BCUT2D eigenvalue weighted by atomic mass is 9.86. The molecule has 130 valence electrons. The first-order valence-electron chi connectivity index (χ1n) is 8.30. The highest BCUT2D eigenvalue weighted by Gasteiger charge is 2.44. The second-order valence-electron chi connectivity index (χ2n) is 6.90. The van der Waals surface area contributed by atoms with E-state index in [1.54, 1.807) is 12.3 Å². The van der Waals surface area contributed by atoms with Gasteiger partial charge in [0.25, 0.3) is 5.91 Å². The van der Waals surface area contributed by atoms with Gasteiger partial charge in [-0.15, -0.1) is 0 Å². The van der Waals surface area contributed by atoms with Crippen LogP contribution >= 0.6 is 0 Å². The van der Waals surface area contributed by atoms with E-state index in [1.807, 2.05) is 12.1 Å². The van der Waals surface area contributed by atoms with Crippen LogP contribution in [0, 0.1) is 5.41 Å². The zero-order valence-corrected chi connectivity index (χ0v) is 14.0. The molecule has 1 atom stereocenters. The van der Waals surface area contributed by atoms with Crippen LogP contribution in [0.5, 0.6) is 5.75 Å². The molecule has 0 bridgehead atoms. The van der Waals surface area contributed by atoms with Gasteiger partial charge in [-0.3, -0.25) is 9.59 Å². The summed E-state index contributed by atoms with van der Waals surface area (Å²) in [4.78, 5) is 30.1. The number of carbonyl (C=O) groups is 2. The number of amides is 2. The van der Waals surface area contributed by atoms with Crippen molar-refractivity contribution < 1.29 is 14.3 Å². The number of carbonyl (C=O) groups excluding carboxylic acids is 2. The predicted octanol–water partition coefficient (Wildman–Crippen LogP) is 1.06. The molecule has 2 aromatic rings. The SMILES string of the molecule is COc1cc2c(N3CCC4(CNC(=O)C4)C3)nccc2cc1C(N)=O. The van der Waals surface area contributed by atoms with Crippen molar-refractivity contribution in [1.82, 2.24) is 10.3 Å². The highest BCUT2D eigenvalue weighted by Crippen LogP contribution is 2.40. The van der Waals surface area contributed by atoms with Gasteiger partial charge in [0.05, 0.1) is 12.7 Å². The zero-order valence-electron chi connectivity index (χ0n) is 14.0. The average Bonchev–Trinajstić information content (AvgIpc) is 3.19. The fraction of sp³-hybridized carbons (Fsp3) is 0.389. The van der Waals surface area contributed by atoms with Crippen molar-refractivity contribution in [3.05, 3.63) is 30.0 Å². The van der Waals surface area contributed by atoms with Gasteiger partial charge in [-0.05, 0) is 30.0 Å². The summed E-state index contributed by atoms with van der Waals surface area (Å²) in [5, 5.41) is 4.75. The molecule has 25 heavy (non-hydrogen) atoms. The number of fused-ring (bicyclic) bond motifs is 1. The average molecular weight is 340 g/mol. The Morgan fingerprint density at radius 3 is 2.96 bits per heavy atom. The molecule has 3 N–H and O–H groups in total. The smallest absolute Gasteiger partial charge is 0.252 e. The van der Waals surface area contributed by atoms with Crippen molar-refractivity contribution in [3.63, 3.8) is 0 Å². The molecule has 2 fully saturated rings. The molecule has 0 radical (unpaired) electrons. The highest BCUT2D eigenvalue weighted by molar-refractivity contribution is 6.03. The molecular weight excluding hydrogens is 320 g/mol. The molecule has 7 heteroatoms. The predicted molar refractivity (Wildman–Crippen MR) is 93.7 cm³/mol. The summed E-state index contributed by atoms with van der Waals surface area (Å²) in [5.41, 5.74) is 5.80. The summed E-state index contributed by atoms with van der Waals surface area (Å²) in [6, 6.07) is 5.42. The number of ether oxygens (including phenoxy) is 1. The number of nitrogens with two attached hydrogens (primary N) is 1. The van der Waals surface area contributed by atoms with Gasteiger partial charge in [-0.1, -0.05) is 0 Å². The first-order valence-corrected chi connectivity index (χ1v) is 8.30. The number of hydrogen-bond acceptors (Lipinski definition) is 5. The van der Waals surface area contributed by atoms with Crippen molar-refractivity contribution in [2.45, 2.75) is 12.8 Å². The molecule has 2 aliphatic rings. The van der Waals surface area contributed by atoms with Crippen molar-refractivity contribution in [2.24, 2.45) is 11.1 Å². The van der Waals surface area contributed by atoms with Gasteiger partial charge in [0, 0.05) is 43.1 Å². The molecule has 1 unspecified atom stereocenters. The summed E-state index contributed by atoms with van der Waals surface area (Å²) < 4.78 is 5.34.